The average molecular weight is 219 g/mol. The fraction of sp³-hybridized carbons (Fsp3) is 0.0833. The second kappa shape index (κ2) is 4.18. The van der Waals surface area contributed by atoms with Crippen LogP contribution in [0.25, 0.3) is 11.3 Å². The van der Waals surface area contributed by atoms with Gasteiger partial charge < -0.3 is 9.84 Å². The molecule has 0 spiro atoms. The first-order valence-corrected chi connectivity index (χ1v) is 4.70. The van der Waals surface area contributed by atoms with Crippen LogP contribution >= 0.6 is 0 Å². The highest BCUT2D eigenvalue weighted by molar-refractivity contribution is 5.67. The molecular formula is C12H10FNO2. The third-order valence-electron chi connectivity index (χ3n) is 2.20. The summed E-state index contributed by atoms with van der Waals surface area (Å²) in [5.41, 5.74) is 0.720. The van der Waals surface area contributed by atoms with Crippen LogP contribution in [-0.2, 0) is 0 Å². The Balaban J connectivity index is 2.58. The lowest BCUT2D eigenvalue weighted by molar-refractivity contribution is 0.414. The second-order valence-corrected chi connectivity index (χ2v) is 3.22. The number of rotatable bonds is 2. The van der Waals surface area contributed by atoms with Crippen molar-refractivity contribution in [3.63, 3.8) is 0 Å². The molecule has 0 aliphatic heterocycles. The fourth-order valence-corrected chi connectivity index (χ4v) is 1.45. The summed E-state index contributed by atoms with van der Waals surface area (Å²) in [5, 5.41) is 9.12. The molecule has 1 aromatic heterocycles. The van der Waals surface area contributed by atoms with Gasteiger partial charge in [-0.05, 0) is 24.3 Å². The topological polar surface area (TPSA) is 42.4 Å². The quantitative estimate of drug-likeness (QED) is 0.844. The zero-order valence-electron chi connectivity index (χ0n) is 8.64. The molecule has 3 nitrogen and oxygen atoms in total. The summed E-state index contributed by atoms with van der Waals surface area (Å²) < 4.78 is 18.7. The number of hydrogen-bond acceptors (Lipinski definition) is 3. The molecule has 4 heteroatoms. The van der Waals surface area contributed by atoms with Gasteiger partial charge in [-0.1, -0.05) is 0 Å². The van der Waals surface area contributed by atoms with Gasteiger partial charge in [0.05, 0.1) is 7.11 Å². The van der Waals surface area contributed by atoms with Gasteiger partial charge in [0.25, 0.3) is 0 Å². The fourth-order valence-electron chi connectivity index (χ4n) is 1.45. The minimum Gasteiger partial charge on any atom is -0.508 e. The molecule has 2 rings (SSSR count). The molecule has 1 aromatic carbocycles. The molecule has 0 radical (unpaired) electrons. The van der Waals surface area contributed by atoms with Gasteiger partial charge >= 0.3 is 0 Å². The Kier molecular flexibility index (Phi) is 2.72. The molecule has 0 unspecified atom stereocenters. The Bertz CT molecular complexity index is 514. The molecule has 0 saturated heterocycles. The van der Waals surface area contributed by atoms with Crippen LogP contribution in [0.2, 0.25) is 0 Å². The molecule has 1 N–H and O–H groups in total. The second-order valence-electron chi connectivity index (χ2n) is 3.22. The van der Waals surface area contributed by atoms with E-state index in [2.05, 4.69) is 4.98 Å². The smallest absolute Gasteiger partial charge is 0.145 e. The van der Waals surface area contributed by atoms with Crippen molar-refractivity contribution in [2.75, 3.05) is 7.11 Å². The van der Waals surface area contributed by atoms with Gasteiger partial charge in [-0.25, -0.2) is 4.39 Å². The predicted octanol–water partition coefficient (Wildman–Crippen LogP) is 2.60. The maximum absolute atomic E-state index is 13.6. The van der Waals surface area contributed by atoms with E-state index in [0.29, 0.717) is 17.0 Å². The normalized spacial score (nSPS) is 10.1. The van der Waals surface area contributed by atoms with E-state index in [1.807, 2.05) is 0 Å². The number of ether oxygens (including phenoxy) is 1. The molecule has 0 bridgehead atoms. The van der Waals surface area contributed by atoms with E-state index in [4.69, 9.17) is 9.84 Å². The van der Waals surface area contributed by atoms with Crippen molar-refractivity contribution in [2.45, 2.75) is 0 Å². The van der Waals surface area contributed by atoms with Crippen LogP contribution in [0.1, 0.15) is 0 Å². The number of nitrogens with zero attached hydrogens (tertiary/aromatic N) is 1. The third-order valence-corrected chi connectivity index (χ3v) is 2.20. The number of pyridine rings is 1. The Morgan fingerprint density at radius 2 is 2.12 bits per heavy atom. The Morgan fingerprint density at radius 1 is 1.31 bits per heavy atom. The summed E-state index contributed by atoms with van der Waals surface area (Å²) in [6.45, 7) is 0. The van der Waals surface area contributed by atoms with Crippen LogP contribution < -0.4 is 4.74 Å². The highest BCUT2D eigenvalue weighted by Gasteiger charge is 2.11. The van der Waals surface area contributed by atoms with Crippen LogP contribution in [-0.4, -0.2) is 17.2 Å². The Hall–Kier alpha value is -2.10. The van der Waals surface area contributed by atoms with Crippen LogP contribution in [0.5, 0.6) is 11.5 Å². The van der Waals surface area contributed by atoms with E-state index >= 15 is 0 Å². The molecule has 0 aliphatic carbocycles. The third kappa shape index (κ3) is 1.82. The summed E-state index contributed by atoms with van der Waals surface area (Å²) in [4.78, 5) is 4.06. The Morgan fingerprint density at radius 3 is 2.81 bits per heavy atom. The number of phenols is 1. The number of hydrogen-bond donors (Lipinski definition) is 1. The number of phenolic OH excluding ortho intramolecular Hbond substituents is 1. The van der Waals surface area contributed by atoms with Crippen molar-refractivity contribution < 1.29 is 14.2 Å². The first-order chi connectivity index (χ1) is 7.72. The van der Waals surface area contributed by atoms with E-state index < -0.39 is 5.82 Å². The van der Waals surface area contributed by atoms with Crippen LogP contribution in [0.3, 0.4) is 0 Å². The highest BCUT2D eigenvalue weighted by atomic mass is 19.1. The Labute approximate surface area is 92.1 Å². The SMILES string of the molecule is COc1cccnc1-c1ccc(O)cc1F. The molecular weight excluding hydrogens is 209 g/mol. The van der Waals surface area contributed by atoms with Gasteiger partial charge in [-0.15, -0.1) is 0 Å². The zero-order valence-corrected chi connectivity index (χ0v) is 8.64. The average Bonchev–Trinajstić information content (AvgIpc) is 2.29. The van der Waals surface area contributed by atoms with Gasteiger partial charge in [0.2, 0.25) is 0 Å². The molecule has 0 amide bonds. The number of aromatic nitrogens is 1. The van der Waals surface area contributed by atoms with Gasteiger partial charge in [-0.3, -0.25) is 4.98 Å². The van der Waals surface area contributed by atoms with E-state index in [-0.39, 0.29) is 5.75 Å². The van der Waals surface area contributed by atoms with E-state index in [0.717, 1.165) is 6.07 Å². The van der Waals surface area contributed by atoms with Crippen molar-refractivity contribution in [3.05, 3.63) is 42.3 Å². The molecule has 0 fully saturated rings. The summed E-state index contributed by atoms with van der Waals surface area (Å²) in [5.74, 6) is -0.153. The standard InChI is InChI=1S/C12H10FNO2/c1-16-11-3-2-6-14-12(11)9-5-4-8(15)7-10(9)13/h2-7,15H,1H3. The maximum atomic E-state index is 13.6. The summed E-state index contributed by atoms with van der Waals surface area (Å²) in [7, 11) is 1.50. The summed E-state index contributed by atoms with van der Waals surface area (Å²) in [6, 6.07) is 7.33. The monoisotopic (exact) mass is 219 g/mol. The van der Waals surface area contributed by atoms with Crippen LogP contribution in [0.4, 0.5) is 4.39 Å². The number of benzene rings is 1. The number of halogens is 1. The lowest BCUT2D eigenvalue weighted by Crippen LogP contribution is -1.92. The molecule has 0 saturated carbocycles. The molecule has 0 aliphatic rings. The van der Waals surface area contributed by atoms with E-state index in [9.17, 15) is 4.39 Å². The first-order valence-electron chi connectivity index (χ1n) is 4.70. The first kappa shape index (κ1) is 10.4. The lowest BCUT2D eigenvalue weighted by atomic mass is 10.1. The summed E-state index contributed by atoms with van der Waals surface area (Å²) in [6.07, 6.45) is 1.56. The summed E-state index contributed by atoms with van der Waals surface area (Å²) >= 11 is 0. The van der Waals surface area contributed by atoms with E-state index in [1.54, 1.807) is 18.3 Å². The van der Waals surface area contributed by atoms with Crippen molar-refractivity contribution in [1.29, 1.82) is 0 Å². The van der Waals surface area contributed by atoms with Gasteiger partial charge in [-0.2, -0.15) is 0 Å². The number of methoxy groups -OCH3 is 1. The van der Waals surface area contributed by atoms with Gasteiger partial charge in [0, 0.05) is 17.8 Å². The minimum absolute atomic E-state index is 0.115. The van der Waals surface area contributed by atoms with Crippen molar-refractivity contribution >= 4 is 0 Å². The molecule has 2 aromatic rings. The molecule has 82 valence electrons. The minimum atomic E-state index is -0.531. The van der Waals surface area contributed by atoms with Gasteiger partial charge in [0.1, 0.15) is 23.0 Å². The molecule has 1 heterocycles. The van der Waals surface area contributed by atoms with Gasteiger partial charge in [0.15, 0.2) is 0 Å². The zero-order chi connectivity index (χ0) is 11.5. The number of aromatic hydroxyl groups is 1. The molecule has 16 heavy (non-hydrogen) atoms. The van der Waals surface area contributed by atoms with Crippen molar-refractivity contribution in [1.82, 2.24) is 4.98 Å². The maximum Gasteiger partial charge on any atom is 0.145 e. The van der Waals surface area contributed by atoms with Crippen molar-refractivity contribution in [3.8, 4) is 22.8 Å². The van der Waals surface area contributed by atoms with E-state index in [1.165, 1.54) is 19.2 Å². The predicted molar refractivity (Wildman–Crippen MR) is 57.8 cm³/mol. The van der Waals surface area contributed by atoms with Crippen LogP contribution in [0.15, 0.2) is 36.5 Å². The highest BCUT2D eigenvalue weighted by Crippen LogP contribution is 2.30. The molecule has 0 atom stereocenters. The van der Waals surface area contributed by atoms with Crippen LogP contribution in [0, 0.1) is 5.82 Å². The lowest BCUT2D eigenvalue weighted by Gasteiger charge is -2.07. The largest absolute Gasteiger partial charge is 0.508 e. The van der Waals surface area contributed by atoms with Crippen molar-refractivity contribution in [2.24, 2.45) is 0 Å².